The molecule has 4 heteroatoms. The molecule has 0 spiro atoms. The van der Waals surface area contributed by atoms with Gasteiger partial charge in [0.1, 0.15) is 16.5 Å². The van der Waals surface area contributed by atoms with E-state index in [-0.39, 0.29) is 4.99 Å². The van der Waals surface area contributed by atoms with Gasteiger partial charge in [0.15, 0.2) is 0 Å². The molecular formula is C14H12ClNOS. The van der Waals surface area contributed by atoms with Crippen molar-refractivity contribution in [2.24, 2.45) is 5.73 Å². The van der Waals surface area contributed by atoms with Gasteiger partial charge in [-0.05, 0) is 30.7 Å². The molecule has 0 saturated carbocycles. The van der Waals surface area contributed by atoms with Gasteiger partial charge in [0, 0.05) is 11.6 Å². The van der Waals surface area contributed by atoms with E-state index in [1.54, 1.807) is 18.2 Å². The first-order valence-electron chi connectivity index (χ1n) is 5.41. The van der Waals surface area contributed by atoms with E-state index in [0.717, 1.165) is 11.3 Å². The van der Waals surface area contributed by atoms with Crippen molar-refractivity contribution in [3.8, 4) is 11.5 Å². The number of hydrogen-bond acceptors (Lipinski definition) is 2. The van der Waals surface area contributed by atoms with E-state index in [1.165, 1.54) is 0 Å². The van der Waals surface area contributed by atoms with E-state index < -0.39 is 0 Å². The smallest absolute Gasteiger partial charge is 0.130 e. The SMILES string of the molecule is Cc1ccccc1Oc1ccc(C(N)=S)c(Cl)c1. The number of halogens is 1. The Balaban J connectivity index is 2.29. The summed E-state index contributed by atoms with van der Waals surface area (Å²) < 4.78 is 5.76. The first-order chi connectivity index (χ1) is 8.58. The normalized spacial score (nSPS) is 10.1. The molecule has 2 aromatic carbocycles. The summed E-state index contributed by atoms with van der Waals surface area (Å²) in [5, 5.41) is 0.494. The third-order valence-corrected chi connectivity index (χ3v) is 3.06. The van der Waals surface area contributed by atoms with E-state index in [1.807, 2.05) is 31.2 Å². The van der Waals surface area contributed by atoms with Gasteiger partial charge in [0.05, 0.1) is 5.02 Å². The number of aryl methyl sites for hydroxylation is 1. The molecule has 0 aliphatic carbocycles. The minimum Gasteiger partial charge on any atom is -0.457 e. The maximum absolute atomic E-state index is 6.08. The van der Waals surface area contributed by atoms with Crippen molar-refractivity contribution in [2.45, 2.75) is 6.92 Å². The topological polar surface area (TPSA) is 35.2 Å². The van der Waals surface area contributed by atoms with E-state index in [4.69, 9.17) is 34.3 Å². The number of benzene rings is 2. The van der Waals surface area contributed by atoms with Crippen LogP contribution in [0.5, 0.6) is 11.5 Å². The highest BCUT2D eigenvalue weighted by molar-refractivity contribution is 7.80. The fourth-order valence-corrected chi connectivity index (χ4v) is 2.06. The number of thiocarbonyl (C=S) groups is 1. The van der Waals surface area contributed by atoms with Crippen LogP contribution in [-0.4, -0.2) is 4.99 Å². The second-order valence-electron chi connectivity index (χ2n) is 3.87. The van der Waals surface area contributed by atoms with Gasteiger partial charge in [-0.15, -0.1) is 0 Å². The molecule has 2 rings (SSSR count). The average Bonchev–Trinajstić information content (AvgIpc) is 2.32. The number of ether oxygens (including phenoxy) is 1. The van der Waals surface area contributed by atoms with E-state index in [9.17, 15) is 0 Å². The minimum atomic E-state index is 0.280. The molecule has 0 heterocycles. The number of rotatable bonds is 3. The zero-order chi connectivity index (χ0) is 13.1. The Hall–Kier alpha value is -1.58. The van der Waals surface area contributed by atoms with Crippen molar-refractivity contribution in [3.63, 3.8) is 0 Å². The van der Waals surface area contributed by atoms with E-state index >= 15 is 0 Å². The van der Waals surface area contributed by atoms with E-state index in [2.05, 4.69) is 0 Å². The molecule has 0 aliphatic heterocycles. The average molecular weight is 278 g/mol. The second kappa shape index (κ2) is 5.38. The van der Waals surface area contributed by atoms with Crippen LogP contribution >= 0.6 is 23.8 Å². The lowest BCUT2D eigenvalue weighted by Crippen LogP contribution is -2.09. The third-order valence-electron chi connectivity index (χ3n) is 2.53. The van der Waals surface area contributed by atoms with Gasteiger partial charge in [0.2, 0.25) is 0 Å². The van der Waals surface area contributed by atoms with Crippen LogP contribution in [0.2, 0.25) is 5.02 Å². The van der Waals surface area contributed by atoms with Crippen LogP contribution in [0.25, 0.3) is 0 Å². The van der Waals surface area contributed by atoms with Crippen LogP contribution in [0.3, 0.4) is 0 Å². The monoisotopic (exact) mass is 277 g/mol. The summed E-state index contributed by atoms with van der Waals surface area (Å²) >= 11 is 11.0. The van der Waals surface area contributed by atoms with Crippen LogP contribution in [0.4, 0.5) is 0 Å². The van der Waals surface area contributed by atoms with Crippen LogP contribution in [0, 0.1) is 6.92 Å². The highest BCUT2D eigenvalue weighted by atomic mass is 35.5. The lowest BCUT2D eigenvalue weighted by atomic mass is 10.2. The van der Waals surface area contributed by atoms with Crippen molar-refractivity contribution in [1.29, 1.82) is 0 Å². The van der Waals surface area contributed by atoms with Crippen molar-refractivity contribution >= 4 is 28.8 Å². The largest absolute Gasteiger partial charge is 0.457 e. The summed E-state index contributed by atoms with van der Waals surface area (Å²) in [6, 6.07) is 13.1. The zero-order valence-corrected chi connectivity index (χ0v) is 11.4. The molecule has 0 aromatic heterocycles. The van der Waals surface area contributed by atoms with Gasteiger partial charge >= 0.3 is 0 Å². The van der Waals surface area contributed by atoms with Crippen molar-refractivity contribution in [2.75, 3.05) is 0 Å². The molecule has 2 nitrogen and oxygen atoms in total. The molecular weight excluding hydrogens is 266 g/mol. The maximum Gasteiger partial charge on any atom is 0.130 e. The summed E-state index contributed by atoms with van der Waals surface area (Å²) in [7, 11) is 0. The molecule has 18 heavy (non-hydrogen) atoms. The number of para-hydroxylation sites is 1. The van der Waals surface area contributed by atoms with Crippen molar-refractivity contribution in [3.05, 3.63) is 58.6 Å². The Kier molecular flexibility index (Phi) is 3.84. The Labute approximate surface area is 116 Å². The first kappa shape index (κ1) is 12.9. The Morgan fingerprint density at radius 3 is 2.56 bits per heavy atom. The summed E-state index contributed by atoms with van der Waals surface area (Å²) in [4.78, 5) is 0.280. The van der Waals surface area contributed by atoms with Crippen LogP contribution in [-0.2, 0) is 0 Å². The van der Waals surface area contributed by atoms with E-state index in [0.29, 0.717) is 16.3 Å². The molecule has 0 aliphatic rings. The minimum absolute atomic E-state index is 0.280. The summed E-state index contributed by atoms with van der Waals surface area (Å²) in [5.74, 6) is 1.46. The van der Waals surface area contributed by atoms with Crippen LogP contribution in [0.1, 0.15) is 11.1 Å². The quantitative estimate of drug-likeness (QED) is 0.859. The predicted octanol–water partition coefficient (Wildman–Crippen LogP) is 4.07. The Morgan fingerprint density at radius 1 is 1.22 bits per heavy atom. The zero-order valence-electron chi connectivity index (χ0n) is 9.81. The molecule has 0 saturated heterocycles. The van der Waals surface area contributed by atoms with Crippen LogP contribution in [0.15, 0.2) is 42.5 Å². The first-order valence-corrected chi connectivity index (χ1v) is 6.19. The molecule has 2 N–H and O–H groups in total. The van der Waals surface area contributed by atoms with Gasteiger partial charge in [-0.3, -0.25) is 0 Å². The van der Waals surface area contributed by atoms with Gasteiger partial charge in [0.25, 0.3) is 0 Å². The molecule has 2 aromatic rings. The van der Waals surface area contributed by atoms with Gasteiger partial charge < -0.3 is 10.5 Å². The van der Waals surface area contributed by atoms with Gasteiger partial charge in [-0.2, -0.15) is 0 Å². The molecule has 0 bridgehead atoms. The van der Waals surface area contributed by atoms with Gasteiger partial charge in [-0.25, -0.2) is 0 Å². The van der Waals surface area contributed by atoms with Crippen molar-refractivity contribution in [1.82, 2.24) is 0 Å². The van der Waals surface area contributed by atoms with Crippen molar-refractivity contribution < 1.29 is 4.74 Å². The molecule has 92 valence electrons. The molecule has 0 fully saturated rings. The fourth-order valence-electron chi connectivity index (χ4n) is 1.56. The number of nitrogens with two attached hydrogens (primary N) is 1. The second-order valence-corrected chi connectivity index (χ2v) is 4.72. The third kappa shape index (κ3) is 2.81. The highest BCUT2D eigenvalue weighted by Gasteiger charge is 2.06. The predicted molar refractivity (Wildman–Crippen MR) is 78.6 cm³/mol. The highest BCUT2D eigenvalue weighted by Crippen LogP contribution is 2.28. The maximum atomic E-state index is 6.08. The standard InChI is InChI=1S/C14H12ClNOS/c1-9-4-2-3-5-13(9)17-10-6-7-11(14(16)18)12(15)8-10/h2-8H,1H3,(H2,16,18). The summed E-state index contributed by atoms with van der Waals surface area (Å²) in [6.45, 7) is 1.99. The lowest BCUT2D eigenvalue weighted by Gasteiger charge is -2.10. The molecule has 0 atom stereocenters. The fraction of sp³-hybridized carbons (Fsp3) is 0.0714. The Bertz CT molecular complexity index is 598. The summed E-state index contributed by atoms with van der Waals surface area (Å²) in [5.41, 5.74) is 7.27. The molecule has 0 radical (unpaired) electrons. The van der Waals surface area contributed by atoms with Crippen LogP contribution < -0.4 is 10.5 Å². The number of hydrogen-bond donors (Lipinski definition) is 1. The molecule has 0 amide bonds. The lowest BCUT2D eigenvalue weighted by molar-refractivity contribution is 0.479. The molecule has 0 unspecified atom stereocenters. The Morgan fingerprint density at radius 2 is 1.94 bits per heavy atom. The summed E-state index contributed by atoms with van der Waals surface area (Å²) in [6.07, 6.45) is 0. The van der Waals surface area contributed by atoms with Gasteiger partial charge in [-0.1, -0.05) is 42.0 Å².